The van der Waals surface area contributed by atoms with Crippen molar-refractivity contribution in [2.24, 2.45) is 0 Å². The minimum Gasteiger partial charge on any atom is -0.326 e. The molecule has 1 heterocycles. The maximum Gasteiger partial charge on any atom is 0.226 e. The van der Waals surface area contributed by atoms with Gasteiger partial charge in [0.15, 0.2) is 0 Å². The van der Waals surface area contributed by atoms with Crippen LogP contribution in [-0.2, 0) is 11.3 Å². The fourth-order valence-corrected chi connectivity index (χ4v) is 2.24. The number of aryl methyl sites for hydroxylation is 2. The van der Waals surface area contributed by atoms with Crippen molar-refractivity contribution in [3.8, 4) is 0 Å². The van der Waals surface area contributed by atoms with Gasteiger partial charge in [0.1, 0.15) is 0 Å². The first-order chi connectivity index (χ1) is 9.45. The van der Waals surface area contributed by atoms with Gasteiger partial charge < -0.3 is 5.32 Å². The predicted molar refractivity (Wildman–Crippen MR) is 84.4 cm³/mol. The topological polar surface area (TPSA) is 46.9 Å². The van der Waals surface area contributed by atoms with Crippen LogP contribution in [0.4, 0.5) is 5.69 Å². The van der Waals surface area contributed by atoms with Crippen molar-refractivity contribution in [3.05, 3.63) is 44.6 Å². The summed E-state index contributed by atoms with van der Waals surface area (Å²) in [4.78, 5) is 11.8. The Kier molecular flexibility index (Phi) is 5.07. The zero-order valence-electron chi connectivity index (χ0n) is 10.7. The molecule has 7 heteroatoms. The molecule has 0 aliphatic carbocycles. The van der Waals surface area contributed by atoms with Gasteiger partial charge in [-0.3, -0.25) is 9.48 Å². The predicted octanol–water partition coefficient (Wildman–Crippen LogP) is 4.29. The number of carbonyl (C=O) groups excluding carboxylic acids is 1. The fraction of sp³-hybridized carbons (Fsp3) is 0.231. The lowest BCUT2D eigenvalue weighted by Gasteiger charge is -2.06. The van der Waals surface area contributed by atoms with E-state index in [1.54, 1.807) is 22.9 Å². The second-order valence-electron chi connectivity index (χ2n) is 4.25. The number of hydrogen-bond acceptors (Lipinski definition) is 2. The lowest BCUT2D eigenvalue weighted by atomic mass is 10.3. The first-order valence-electron chi connectivity index (χ1n) is 5.90. The minimum atomic E-state index is -0.104. The van der Waals surface area contributed by atoms with Crippen LogP contribution in [0, 0.1) is 6.92 Å². The maximum absolute atomic E-state index is 11.8. The van der Waals surface area contributed by atoms with Crippen LogP contribution in [-0.4, -0.2) is 15.7 Å². The van der Waals surface area contributed by atoms with Gasteiger partial charge in [-0.1, -0.05) is 23.2 Å². The Bertz CT molecular complexity index is 623. The number of aromatic nitrogens is 2. The van der Waals surface area contributed by atoms with E-state index in [2.05, 4.69) is 26.3 Å². The molecule has 0 spiro atoms. The Balaban J connectivity index is 1.90. The number of carbonyl (C=O) groups is 1. The highest BCUT2D eigenvalue weighted by Crippen LogP contribution is 2.25. The molecule has 0 fully saturated rings. The summed E-state index contributed by atoms with van der Waals surface area (Å²) in [5.74, 6) is -0.104. The molecule has 0 radical (unpaired) electrons. The van der Waals surface area contributed by atoms with Crippen molar-refractivity contribution in [1.29, 1.82) is 0 Å². The first-order valence-corrected chi connectivity index (χ1v) is 7.45. The molecular formula is C13H12BrCl2N3O. The summed E-state index contributed by atoms with van der Waals surface area (Å²) < 4.78 is 2.66. The van der Waals surface area contributed by atoms with E-state index in [4.69, 9.17) is 23.2 Å². The largest absolute Gasteiger partial charge is 0.326 e. The van der Waals surface area contributed by atoms with Crippen molar-refractivity contribution in [2.75, 3.05) is 5.32 Å². The molecule has 2 rings (SSSR count). The van der Waals surface area contributed by atoms with E-state index in [-0.39, 0.29) is 5.91 Å². The molecule has 1 amide bonds. The van der Waals surface area contributed by atoms with Gasteiger partial charge in [-0.15, -0.1) is 0 Å². The zero-order chi connectivity index (χ0) is 14.7. The van der Waals surface area contributed by atoms with Crippen molar-refractivity contribution in [2.45, 2.75) is 19.9 Å². The van der Waals surface area contributed by atoms with Crippen molar-refractivity contribution < 1.29 is 4.79 Å². The Morgan fingerprint density at radius 2 is 2.15 bits per heavy atom. The van der Waals surface area contributed by atoms with Crippen LogP contribution < -0.4 is 5.32 Å². The van der Waals surface area contributed by atoms with Gasteiger partial charge in [-0.05, 0) is 41.1 Å². The van der Waals surface area contributed by atoms with Gasteiger partial charge in [0.2, 0.25) is 5.91 Å². The highest BCUT2D eigenvalue weighted by molar-refractivity contribution is 9.10. The number of hydrogen-bond donors (Lipinski definition) is 1. The van der Waals surface area contributed by atoms with Crippen molar-refractivity contribution >= 4 is 50.7 Å². The quantitative estimate of drug-likeness (QED) is 0.865. The molecule has 20 heavy (non-hydrogen) atoms. The second-order valence-corrected chi connectivity index (χ2v) is 5.92. The fourth-order valence-electron chi connectivity index (χ4n) is 1.62. The number of nitrogens with one attached hydrogen (secondary N) is 1. The number of amides is 1. The molecule has 0 saturated heterocycles. The molecule has 0 aliphatic rings. The van der Waals surface area contributed by atoms with E-state index in [1.807, 2.05) is 13.1 Å². The third-order valence-electron chi connectivity index (χ3n) is 2.66. The van der Waals surface area contributed by atoms with Gasteiger partial charge in [-0.25, -0.2) is 0 Å². The van der Waals surface area contributed by atoms with Crippen LogP contribution in [0.1, 0.15) is 12.1 Å². The third kappa shape index (κ3) is 3.98. The molecule has 0 atom stereocenters. The van der Waals surface area contributed by atoms with E-state index in [0.29, 0.717) is 28.7 Å². The lowest BCUT2D eigenvalue weighted by molar-refractivity contribution is -0.116. The molecule has 0 unspecified atom stereocenters. The smallest absolute Gasteiger partial charge is 0.226 e. The van der Waals surface area contributed by atoms with E-state index in [9.17, 15) is 4.79 Å². The standard InChI is InChI=1S/C13H12BrCl2N3O/c1-8-10(14)7-19(18-8)5-4-13(20)17-9-2-3-11(15)12(16)6-9/h2-3,6-7H,4-5H2,1H3,(H,17,20). The Hall–Kier alpha value is -1.04. The monoisotopic (exact) mass is 375 g/mol. The Morgan fingerprint density at radius 3 is 2.75 bits per heavy atom. The molecule has 2 aromatic rings. The minimum absolute atomic E-state index is 0.104. The summed E-state index contributed by atoms with van der Waals surface area (Å²) in [6.45, 7) is 2.41. The molecular weight excluding hydrogens is 365 g/mol. The van der Waals surface area contributed by atoms with E-state index in [0.717, 1.165) is 10.2 Å². The second kappa shape index (κ2) is 6.61. The summed E-state index contributed by atoms with van der Waals surface area (Å²) in [5.41, 5.74) is 1.53. The van der Waals surface area contributed by atoms with E-state index < -0.39 is 0 Å². The number of halogens is 3. The first kappa shape index (κ1) is 15.4. The highest BCUT2D eigenvalue weighted by atomic mass is 79.9. The number of rotatable bonds is 4. The van der Waals surface area contributed by atoms with E-state index >= 15 is 0 Å². The summed E-state index contributed by atoms with van der Waals surface area (Å²) >= 11 is 15.1. The lowest BCUT2D eigenvalue weighted by Crippen LogP contribution is -2.14. The SMILES string of the molecule is Cc1nn(CCC(=O)Nc2ccc(Cl)c(Cl)c2)cc1Br. The van der Waals surface area contributed by atoms with Crippen LogP contribution in [0.5, 0.6) is 0 Å². The number of nitrogens with zero attached hydrogens (tertiary/aromatic N) is 2. The van der Waals surface area contributed by atoms with Gasteiger partial charge in [-0.2, -0.15) is 5.10 Å². The molecule has 4 nitrogen and oxygen atoms in total. The number of benzene rings is 1. The Morgan fingerprint density at radius 1 is 1.40 bits per heavy atom. The summed E-state index contributed by atoms with van der Waals surface area (Å²) in [6.07, 6.45) is 2.18. The van der Waals surface area contributed by atoms with Gasteiger partial charge in [0, 0.05) is 24.8 Å². The molecule has 0 bridgehead atoms. The molecule has 106 valence electrons. The van der Waals surface area contributed by atoms with Crippen LogP contribution in [0.25, 0.3) is 0 Å². The summed E-state index contributed by atoms with van der Waals surface area (Å²) in [7, 11) is 0. The Labute approximate surface area is 135 Å². The van der Waals surface area contributed by atoms with Crippen molar-refractivity contribution in [3.63, 3.8) is 0 Å². The maximum atomic E-state index is 11.8. The van der Waals surface area contributed by atoms with Gasteiger partial charge in [0.25, 0.3) is 0 Å². The molecule has 1 N–H and O–H groups in total. The zero-order valence-corrected chi connectivity index (χ0v) is 13.8. The van der Waals surface area contributed by atoms with Gasteiger partial charge in [0.05, 0.1) is 20.2 Å². The van der Waals surface area contributed by atoms with Crippen LogP contribution in [0.3, 0.4) is 0 Å². The number of anilines is 1. The normalized spacial score (nSPS) is 10.6. The van der Waals surface area contributed by atoms with Crippen molar-refractivity contribution in [1.82, 2.24) is 9.78 Å². The van der Waals surface area contributed by atoms with Crippen LogP contribution >= 0.6 is 39.1 Å². The van der Waals surface area contributed by atoms with E-state index in [1.165, 1.54) is 0 Å². The molecule has 0 saturated carbocycles. The third-order valence-corrected chi connectivity index (χ3v) is 4.18. The van der Waals surface area contributed by atoms with Gasteiger partial charge >= 0.3 is 0 Å². The summed E-state index contributed by atoms with van der Waals surface area (Å²) in [6, 6.07) is 4.98. The van der Waals surface area contributed by atoms with Crippen LogP contribution in [0.2, 0.25) is 10.0 Å². The average molecular weight is 377 g/mol. The highest BCUT2D eigenvalue weighted by Gasteiger charge is 2.07. The van der Waals surface area contributed by atoms with Crippen LogP contribution in [0.15, 0.2) is 28.9 Å². The molecule has 1 aromatic heterocycles. The average Bonchev–Trinajstić information content (AvgIpc) is 2.71. The molecule has 0 aliphatic heterocycles. The molecule has 1 aromatic carbocycles. The summed E-state index contributed by atoms with van der Waals surface area (Å²) in [5, 5.41) is 7.91.